The van der Waals surface area contributed by atoms with Crippen LogP contribution in [0.25, 0.3) is 0 Å². The molecule has 1 aromatic carbocycles. The van der Waals surface area contributed by atoms with Crippen molar-refractivity contribution in [1.82, 2.24) is 0 Å². The third-order valence-corrected chi connectivity index (χ3v) is 1.63. The van der Waals surface area contributed by atoms with Gasteiger partial charge < -0.3 is 9.08 Å². The van der Waals surface area contributed by atoms with E-state index in [-0.39, 0.29) is 5.75 Å². The molecular formula is C7H5BrF3NO. The van der Waals surface area contributed by atoms with Crippen LogP contribution in [-0.2, 0) is 0 Å². The van der Waals surface area contributed by atoms with Crippen LogP contribution in [0.5, 0.6) is 5.75 Å². The summed E-state index contributed by atoms with van der Waals surface area (Å²) in [6.45, 7) is 0. The molecule has 2 nitrogen and oxygen atoms in total. The second-order valence-electron chi connectivity index (χ2n) is 2.17. The molecule has 0 unspecified atom stereocenters. The van der Waals surface area contributed by atoms with Gasteiger partial charge in [0, 0.05) is 27.9 Å². The monoisotopic (exact) mass is 255 g/mol. The van der Waals surface area contributed by atoms with Crippen LogP contribution in [0.3, 0.4) is 0 Å². The number of alkyl halides is 3. The molecule has 1 rings (SSSR count). The minimum atomic E-state index is -4.65. The molecule has 0 aliphatic rings. The zero-order valence-corrected chi connectivity index (χ0v) is 7.82. The highest BCUT2D eigenvalue weighted by Gasteiger charge is 2.31. The summed E-state index contributed by atoms with van der Waals surface area (Å²) in [6, 6.07) is 5.49. The average Bonchev–Trinajstić information content (AvgIpc) is 2.01. The number of benzene rings is 1. The van der Waals surface area contributed by atoms with Gasteiger partial charge in [-0.15, -0.1) is 13.2 Å². The molecule has 0 aliphatic carbocycles. The van der Waals surface area contributed by atoms with Gasteiger partial charge in [0.2, 0.25) is 0 Å². The summed E-state index contributed by atoms with van der Waals surface area (Å²) in [7, 11) is 0. The molecule has 0 saturated heterocycles. The molecule has 0 aromatic heterocycles. The number of anilines is 1. The molecule has 6 heteroatoms. The lowest BCUT2D eigenvalue weighted by atomic mass is 10.3. The van der Waals surface area contributed by atoms with Gasteiger partial charge in [-0.25, -0.2) is 0 Å². The van der Waals surface area contributed by atoms with Gasteiger partial charge in [0.15, 0.2) is 0 Å². The van der Waals surface area contributed by atoms with E-state index in [1.165, 1.54) is 18.2 Å². The Labute approximate surface area is 81.0 Å². The molecular weight excluding hydrogens is 251 g/mol. The SMILES string of the molecule is FC(F)(F)Oc1cccc(NBr)c1. The van der Waals surface area contributed by atoms with Gasteiger partial charge in [-0.05, 0) is 12.1 Å². The van der Waals surface area contributed by atoms with Crippen molar-refractivity contribution in [3.05, 3.63) is 24.3 Å². The van der Waals surface area contributed by atoms with Gasteiger partial charge in [0.1, 0.15) is 5.75 Å². The first kappa shape index (κ1) is 10.2. The lowest BCUT2D eigenvalue weighted by Crippen LogP contribution is -2.17. The van der Waals surface area contributed by atoms with E-state index in [0.29, 0.717) is 5.69 Å². The first-order valence-electron chi connectivity index (χ1n) is 3.24. The van der Waals surface area contributed by atoms with Crippen molar-refractivity contribution in [2.45, 2.75) is 6.36 Å². The quantitative estimate of drug-likeness (QED) is 0.819. The minimum absolute atomic E-state index is 0.253. The van der Waals surface area contributed by atoms with Gasteiger partial charge >= 0.3 is 6.36 Å². The summed E-state index contributed by atoms with van der Waals surface area (Å²) in [5.41, 5.74) is 0.488. The van der Waals surface area contributed by atoms with Crippen LogP contribution >= 0.6 is 16.1 Å². The standard InChI is InChI=1S/C7H5BrF3NO/c8-12-5-2-1-3-6(4-5)13-7(9,10)11/h1-4,12H. The lowest BCUT2D eigenvalue weighted by molar-refractivity contribution is -0.274. The van der Waals surface area contributed by atoms with Gasteiger partial charge in [0.25, 0.3) is 0 Å². The smallest absolute Gasteiger partial charge is 0.406 e. The Bertz CT molecular complexity index is 289. The molecule has 0 atom stereocenters. The highest BCUT2D eigenvalue weighted by molar-refractivity contribution is 9.10. The number of hydrogen-bond donors (Lipinski definition) is 1. The average molecular weight is 256 g/mol. The lowest BCUT2D eigenvalue weighted by Gasteiger charge is -2.09. The fourth-order valence-corrected chi connectivity index (χ4v) is 0.999. The molecule has 0 aliphatic heterocycles. The summed E-state index contributed by atoms with van der Waals surface area (Å²) in [5, 5.41) is 0. The highest BCUT2D eigenvalue weighted by Crippen LogP contribution is 2.25. The summed E-state index contributed by atoms with van der Waals surface area (Å²) in [5.74, 6) is -0.253. The largest absolute Gasteiger partial charge is 0.573 e. The van der Waals surface area contributed by atoms with Crippen LogP contribution in [0, 0.1) is 0 Å². The van der Waals surface area contributed by atoms with E-state index < -0.39 is 6.36 Å². The maximum absolute atomic E-state index is 11.7. The molecule has 13 heavy (non-hydrogen) atoms. The Morgan fingerprint density at radius 1 is 1.31 bits per heavy atom. The molecule has 0 spiro atoms. The summed E-state index contributed by atoms with van der Waals surface area (Å²) < 4.78 is 41.4. The Morgan fingerprint density at radius 3 is 2.54 bits per heavy atom. The van der Waals surface area contributed by atoms with E-state index >= 15 is 0 Å². The topological polar surface area (TPSA) is 21.3 Å². The van der Waals surface area contributed by atoms with Crippen LogP contribution in [0.2, 0.25) is 0 Å². The van der Waals surface area contributed by atoms with Crippen LogP contribution in [0.4, 0.5) is 18.9 Å². The summed E-state index contributed by atoms with van der Waals surface area (Å²) in [4.78, 5) is 0. The van der Waals surface area contributed by atoms with Gasteiger partial charge in [0.05, 0.1) is 0 Å². The first-order valence-corrected chi connectivity index (χ1v) is 4.03. The van der Waals surface area contributed by atoms with Crippen LogP contribution in [0.15, 0.2) is 24.3 Å². The molecule has 1 aromatic rings. The molecule has 0 amide bonds. The zero-order valence-electron chi connectivity index (χ0n) is 6.23. The number of ether oxygens (including phenoxy) is 1. The molecule has 72 valence electrons. The summed E-state index contributed by atoms with van der Waals surface area (Å²) >= 11 is 2.88. The van der Waals surface area contributed by atoms with Crippen molar-refractivity contribution in [2.75, 3.05) is 4.34 Å². The third-order valence-electron chi connectivity index (χ3n) is 1.18. The Hall–Kier alpha value is -0.910. The fourth-order valence-electron chi connectivity index (χ4n) is 0.752. The van der Waals surface area contributed by atoms with Gasteiger partial charge in [-0.1, -0.05) is 6.07 Å². The Kier molecular flexibility index (Phi) is 3.02. The van der Waals surface area contributed by atoms with Crippen molar-refractivity contribution in [1.29, 1.82) is 0 Å². The van der Waals surface area contributed by atoms with Crippen LogP contribution < -0.4 is 9.08 Å². The Morgan fingerprint density at radius 2 is 2.00 bits per heavy atom. The predicted molar refractivity (Wildman–Crippen MR) is 45.7 cm³/mol. The number of rotatable bonds is 2. The molecule has 0 bridgehead atoms. The predicted octanol–water partition coefficient (Wildman–Crippen LogP) is 3.31. The van der Waals surface area contributed by atoms with E-state index in [0.717, 1.165) is 0 Å². The van der Waals surface area contributed by atoms with Crippen molar-refractivity contribution in [3.8, 4) is 5.75 Å². The molecule has 0 saturated carbocycles. The summed E-state index contributed by atoms with van der Waals surface area (Å²) in [6.07, 6.45) is -4.65. The third kappa shape index (κ3) is 3.54. The second kappa shape index (κ2) is 3.87. The van der Waals surface area contributed by atoms with E-state index in [1.54, 1.807) is 6.07 Å². The van der Waals surface area contributed by atoms with Gasteiger partial charge in [-0.2, -0.15) is 0 Å². The van der Waals surface area contributed by atoms with Crippen LogP contribution in [0.1, 0.15) is 0 Å². The number of halogens is 4. The van der Waals surface area contributed by atoms with E-state index in [1.807, 2.05) is 0 Å². The molecule has 1 N–H and O–H groups in total. The van der Waals surface area contributed by atoms with Crippen molar-refractivity contribution in [2.24, 2.45) is 0 Å². The van der Waals surface area contributed by atoms with Crippen molar-refractivity contribution in [3.63, 3.8) is 0 Å². The maximum Gasteiger partial charge on any atom is 0.573 e. The van der Waals surface area contributed by atoms with Crippen LogP contribution in [-0.4, -0.2) is 6.36 Å². The van der Waals surface area contributed by atoms with E-state index in [4.69, 9.17) is 0 Å². The van der Waals surface area contributed by atoms with E-state index in [9.17, 15) is 13.2 Å². The highest BCUT2D eigenvalue weighted by atomic mass is 79.9. The maximum atomic E-state index is 11.7. The van der Waals surface area contributed by atoms with Crippen molar-refractivity contribution < 1.29 is 17.9 Å². The van der Waals surface area contributed by atoms with E-state index in [2.05, 4.69) is 25.2 Å². The normalized spacial score (nSPS) is 11.1. The van der Waals surface area contributed by atoms with Gasteiger partial charge in [-0.3, -0.25) is 0 Å². The first-order chi connectivity index (χ1) is 6.01. The zero-order chi connectivity index (χ0) is 9.90. The number of nitrogens with one attached hydrogen (secondary N) is 1. The second-order valence-corrected chi connectivity index (χ2v) is 2.57. The van der Waals surface area contributed by atoms with Crippen molar-refractivity contribution >= 4 is 21.8 Å². The fraction of sp³-hybridized carbons (Fsp3) is 0.143. The molecule has 0 radical (unpaired) electrons. The molecule has 0 heterocycles. The molecule has 0 fully saturated rings. The Balaban J connectivity index is 2.78. The number of hydrogen-bond acceptors (Lipinski definition) is 2. The minimum Gasteiger partial charge on any atom is -0.406 e.